The lowest BCUT2D eigenvalue weighted by molar-refractivity contribution is 0.102. The summed E-state index contributed by atoms with van der Waals surface area (Å²) in [6.45, 7) is -0.717. The van der Waals surface area contributed by atoms with Crippen molar-refractivity contribution in [2.75, 3.05) is 26.1 Å². The van der Waals surface area contributed by atoms with E-state index in [9.17, 15) is 8.42 Å². The van der Waals surface area contributed by atoms with Crippen LogP contribution in [0.15, 0.2) is 0 Å². The van der Waals surface area contributed by atoms with Crippen molar-refractivity contribution in [2.24, 2.45) is 0 Å². The minimum atomic E-state index is -4.08. The molecule has 0 aromatic carbocycles. The van der Waals surface area contributed by atoms with E-state index in [-0.39, 0.29) is 13.2 Å². The Kier molecular flexibility index (Phi) is 4.64. The Bertz CT molecular complexity index is 210. The number of hydrogen-bond donors (Lipinski definition) is 3. The Balaban J connectivity index is 4.10. The van der Waals surface area contributed by atoms with E-state index in [2.05, 4.69) is 0 Å². The zero-order chi connectivity index (χ0) is 9.78. The average molecular weight is 199 g/mol. The molecule has 7 heteroatoms. The van der Waals surface area contributed by atoms with Crippen LogP contribution in [0.1, 0.15) is 0 Å². The molecule has 0 atom stereocenters. The molecule has 74 valence electrons. The van der Waals surface area contributed by atoms with Gasteiger partial charge >= 0.3 is 0 Å². The second-order valence-electron chi connectivity index (χ2n) is 2.49. The predicted molar refractivity (Wildman–Crippen MR) is 42.1 cm³/mol. The third kappa shape index (κ3) is 4.62. The molecule has 0 amide bonds. The zero-order valence-corrected chi connectivity index (χ0v) is 7.53. The summed E-state index contributed by atoms with van der Waals surface area (Å²) in [5.41, 5.74) is 0. The van der Waals surface area contributed by atoms with Crippen molar-refractivity contribution in [1.29, 1.82) is 0 Å². The van der Waals surface area contributed by atoms with Crippen molar-refractivity contribution >= 4 is 10.1 Å². The maximum Gasteiger partial charge on any atom is 0.278 e. The van der Waals surface area contributed by atoms with Gasteiger partial charge in [-0.15, -0.1) is 0 Å². The molecule has 0 saturated carbocycles. The van der Waals surface area contributed by atoms with Crippen LogP contribution in [0, 0.1) is 0 Å². The van der Waals surface area contributed by atoms with E-state index >= 15 is 0 Å². The van der Waals surface area contributed by atoms with Gasteiger partial charge in [-0.05, 0) is 7.05 Å². The first-order valence-corrected chi connectivity index (χ1v) is 4.88. The van der Waals surface area contributed by atoms with E-state index in [0.717, 1.165) is 4.90 Å². The first-order chi connectivity index (χ1) is 5.40. The molecular formula is C5H13NO5S. The van der Waals surface area contributed by atoms with Crippen molar-refractivity contribution in [3.8, 4) is 0 Å². The lowest BCUT2D eigenvalue weighted by atomic mass is 10.3. The minimum absolute atomic E-state index is 0.359. The largest absolute Gasteiger partial charge is 0.395 e. The van der Waals surface area contributed by atoms with Gasteiger partial charge in [0.2, 0.25) is 0 Å². The fourth-order valence-corrected chi connectivity index (χ4v) is 1.42. The number of aliphatic hydroxyl groups is 2. The van der Waals surface area contributed by atoms with E-state index in [0.29, 0.717) is 0 Å². The highest BCUT2D eigenvalue weighted by Gasteiger charge is 2.17. The minimum Gasteiger partial charge on any atom is -0.395 e. The second kappa shape index (κ2) is 4.73. The molecule has 12 heavy (non-hydrogen) atoms. The number of rotatable bonds is 5. The van der Waals surface area contributed by atoms with E-state index in [1.807, 2.05) is 0 Å². The average Bonchev–Trinajstić information content (AvgIpc) is 1.85. The molecule has 0 aromatic rings. The van der Waals surface area contributed by atoms with Crippen LogP contribution in [-0.2, 0) is 10.1 Å². The molecular weight excluding hydrogens is 186 g/mol. The molecule has 0 fully saturated rings. The highest BCUT2D eigenvalue weighted by molar-refractivity contribution is 7.85. The molecule has 0 bridgehead atoms. The van der Waals surface area contributed by atoms with E-state index < -0.39 is 22.0 Å². The van der Waals surface area contributed by atoms with Gasteiger partial charge in [0.05, 0.1) is 19.3 Å². The topological polar surface area (TPSA) is 98.1 Å². The summed E-state index contributed by atoms with van der Waals surface area (Å²) in [5, 5.41) is 17.2. The van der Waals surface area contributed by atoms with Crippen molar-refractivity contribution in [1.82, 2.24) is 4.90 Å². The smallest absolute Gasteiger partial charge is 0.278 e. The zero-order valence-electron chi connectivity index (χ0n) is 6.71. The molecule has 0 heterocycles. The molecule has 0 unspecified atom stereocenters. The van der Waals surface area contributed by atoms with Crippen molar-refractivity contribution < 1.29 is 23.2 Å². The molecule has 0 saturated heterocycles. The van der Waals surface area contributed by atoms with Gasteiger partial charge in [0.25, 0.3) is 10.1 Å². The van der Waals surface area contributed by atoms with Gasteiger partial charge in [0.1, 0.15) is 5.88 Å². The highest BCUT2D eigenvalue weighted by Crippen LogP contribution is 1.96. The molecule has 0 aliphatic carbocycles. The normalized spacial score (nSPS) is 12.8. The van der Waals surface area contributed by atoms with Crippen LogP contribution < -0.4 is 0 Å². The Morgan fingerprint density at radius 3 is 2.00 bits per heavy atom. The van der Waals surface area contributed by atoms with Gasteiger partial charge in [0.15, 0.2) is 0 Å². The monoisotopic (exact) mass is 199 g/mol. The summed E-state index contributed by atoms with van der Waals surface area (Å²) in [6.07, 6.45) is 0. The Hall–Kier alpha value is -0.210. The molecule has 0 aliphatic rings. The summed E-state index contributed by atoms with van der Waals surface area (Å²) in [4.78, 5) is 1.15. The van der Waals surface area contributed by atoms with Crippen LogP contribution in [0.4, 0.5) is 0 Å². The molecule has 0 rings (SSSR count). The summed E-state index contributed by atoms with van der Waals surface area (Å²) >= 11 is 0. The molecule has 0 spiro atoms. The predicted octanol–water partition coefficient (Wildman–Crippen LogP) is -1.88. The van der Waals surface area contributed by atoms with Crippen LogP contribution in [0.3, 0.4) is 0 Å². The number of likely N-dealkylation sites (N-methyl/N-ethyl adjacent to an activating group) is 1. The molecule has 3 N–H and O–H groups in total. The second-order valence-corrected chi connectivity index (χ2v) is 3.91. The van der Waals surface area contributed by atoms with Gasteiger partial charge in [-0.3, -0.25) is 9.45 Å². The third-order valence-corrected chi connectivity index (χ3v) is 2.15. The first-order valence-electron chi connectivity index (χ1n) is 3.28. The Morgan fingerprint density at radius 2 is 1.75 bits per heavy atom. The Labute approximate surface area is 71.2 Å². The quantitative estimate of drug-likeness (QED) is 0.448. The van der Waals surface area contributed by atoms with Gasteiger partial charge < -0.3 is 10.2 Å². The van der Waals surface area contributed by atoms with Gasteiger partial charge in [-0.2, -0.15) is 8.42 Å². The third-order valence-electron chi connectivity index (χ3n) is 1.41. The Morgan fingerprint density at radius 1 is 1.33 bits per heavy atom. The maximum absolute atomic E-state index is 10.3. The molecule has 0 radical (unpaired) electrons. The fraction of sp³-hybridized carbons (Fsp3) is 1.00. The van der Waals surface area contributed by atoms with Crippen LogP contribution in [0.25, 0.3) is 0 Å². The first kappa shape index (κ1) is 11.8. The number of aliphatic hydroxyl groups excluding tert-OH is 2. The lowest BCUT2D eigenvalue weighted by Crippen LogP contribution is -2.40. The van der Waals surface area contributed by atoms with E-state index in [4.69, 9.17) is 14.8 Å². The summed E-state index contributed by atoms with van der Waals surface area (Å²) in [5.74, 6) is -0.598. The van der Waals surface area contributed by atoms with Crippen LogP contribution in [-0.4, -0.2) is 60.3 Å². The lowest BCUT2D eigenvalue weighted by Gasteiger charge is -2.22. The van der Waals surface area contributed by atoms with Crippen LogP contribution in [0.2, 0.25) is 0 Å². The van der Waals surface area contributed by atoms with E-state index in [1.54, 1.807) is 0 Å². The summed E-state index contributed by atoms with van der Waals surface area (Å²) in [6, 6.07) is -0.660. The highest BCUT2D eigenvalue weighted by atomic mass is 32.2. The SMILES string of the molecule is CN(CS(=O)(=O)O)C(CO)CO. The van der Waals surface area contributed by atoms with Gasteiger partial charge in [-0.25, -0.2) is 0 Å². The standard InChI is InChI=1S/C5H13NO5S/c1-6(4-12(9,10)11)5(2-7)3-8/h5,7-8H,2-4H2,1H3,(H,9,10,11). The van der Waals surface area contributed by atoms with Gasteiger partial charge in [-0.1, -0.05) is 0 Å². The van der Waals surface area contributed by atoms with Crippen molar-refractivity contribution in [3.63, 3.8) is 0 Å². The fourth-order valence-electron chi connectivity index (χ4n) is 0.699. The summed E-state index contributed by atoms with van der Waals surface area (Å²) in [7, 11) is -2.71. The van der Waals surface area contributed by atoms with Crippen molar-refractivity contribution in [2.45, 2.75) is 6.04 Å². The van der Waals surface area contributed by atoms with E-state index in [1.165, 1.54) is 7.05 Å². The van der Waals surface area contributed by atoms with Crippen LogP contribution in [0.5, 0.6) is 0 Å². The van der Waals surface area contributed by atoms with Crippen molar-refractivity contribution in [3.05, 3.63) is 0 Å². The molecule has 6 nitrogen and oxygen atoms in total. The summed E-state index contributed by atoms with van der Waals surface area (Å²) < 4.78 is 29.1. The molecule has 0 aliphatic heterocycles. The maximum atomic E-state index is 10.3. The van der Waals surface area contributed by atoms with Crippen LogP contribution >= 0.6 is 0 Å². The van der Waals surface area contributed by atoms with Gasteiger partial charge in [0, 0.05) is 0 Å². The number of hydrogen-bond acceptors (Lipinski definition) is 5. The molecule has 0 aromatic heterocycles. The number of nitrogens with zero attached hydrogens (tertiary/aromatic N) is 1.